The van der Waals surface area contributed by atoms with Crippen molar-refractivity contribution < 1.29 is 19.4 Å². The highest BCUT2D eigenvalue weighted by Gasteiger charge is 2.25. The summed E-state index contributed by atoms with van der Waals surface area (Å²) in [6.07, 6.45) is 2.17. The van der Waals surface area contributed by atoms with Crippen LogP contribution in [0.4, 0.5) is 5.69 Å². The minimum Gasteiger partial charge on any atom is -0.478 e. The lowest BCUT2D eigenvalue weighted by Crippen LogP contribution is -2.30. The van der Waals surface area contributed by atoms with Gasteiger partial charge in [-0.3, -0.25) is 9.78 Å². The first-order chi connectivity index (χ1) is 13.1. The van der Waals surface area contributed by atoms with Crippen molar-refractivity contribution in [2.75, 3.05) is 25.2 Å². The second-order valence-electron chi connectivity index (χ2n) is 6.02. The zero-order valence-corrected chi connectivity index (χ0v) is 15.0. The van der Waals surface area contributed by atoms with Gasteiger partial charge in [-0.2, -0.15) is 0 Å². The monoisotopic (exact) mass is 364 g/mol. The number of anilines is 1. The molecule has 2 aromatic carbocycles. The minimum absolute atomic E-state index is 0.170. The van der Waals surface area contributed by atoms with E-state index in [1.165, 1.54) is 0 Å². The van der Waals surface area contributed by atoms with Gasteiger partial charge < -0.3 is 14.7 Å². The number of hydrogen-bond donors (Lipinski definition) is 1. The van der Waals surface area contributed by atoms with E-state index in [0.29, 0.717) is 36.0 Å². The van der Waals surface area contributed by atoms with Gasteiger partial charge in [0.2, 0.25) is 5.91 Å². The quantitative estimate of drug-likeness (QED) is 0.769. The van der Waals surface area contributed by atoms with Gasteiger partial charge in [-0.25, -0.2) is 4.79 Å². The third kappa shape index (κ3) is 4.12. The highest BCUT2D eigenvalue weighted by Crippen LogP contribution is 2.27. The molecule has 1 aliphatic heterocycles. The van der Waals surface area contributed by atoms with Gasteiger partial charge in [0.05, 0.1) is 24.1 Å². The van der Waals surface area contributed by atoms with Crippen LogP contribution in [0.3, 0.4) is 0 Å². The molecule has 0 aliphatic carbocycles. The molecule has 0 unspecified atom stereocenters. The van der Waals surface area contributed by atoms with Crippen LogP contribution in [-0.2, 0) is 16.0 Å². The number of carboxylic acids is 1. The summed E-state index contributed by atoms with van der Waals surface area (Å²) in [6.45, 7) is 1.23. The first-order valence-electron chi connectivity index (χ1n) is 8.56. The molecule has 1 aliphatic rings. The van der Waals surface area contributed by atoms with Crippen molar-refractivity contribution in [1.82, 2.24) is 4.98 Å². The summed E-state index contributed by atoms with van der Waals surface area (Å²) < 4.78 is 4.97. The summed E-state index contributed by atoms with van der Waals surface area (Å²) in [5, 5.41) is 9.53. The fourth-order valence-corrected chi connectivity index (χ4v) is 3.03. The van der Waals surface area contributed by atoms with Crippen LogP contribution in [0.5, 0.6) is 0 Å². The van der Waals surface area contributed by atoms with Crippen molar-refractivity contribution in [2.24, 2.45) is 0 Å². The van der Waals surface area contributed by atoms with E-state index in [0.717, 1.165) is 11.3 Å². The topological polar surface area (TPSA) is 79.7 Å². The van der Waals surface area contributed by atoms with E-state index in [1.807, 2.05) is 24.3 Å². The predicted molar refractivity (Wildman–Crippen MR) is 103 cm³/mol. The fraction of sp³-hybridized carbons (Fsp3) is 0.190. The van der Waals surface area contributed by atoms with Crippen LogP contribution >= 0.6 is 0 Å². The molecular formula is C21H20N2O4. The first kappa shape index (κ1) is 18.5. The van der Waals surface area contributed by atoms with Gasteiger partial charge in [-0.05, 0) is 29.8 Å². The van der Waals surface area contributed by atoms with Crippen LogP contribution in [0.1, 0.15) is 15.9 Å². The van der Waals surface area contributed by atoms with Crippen molar-refractivity contribution in [3.8, 4) is 0 Å². The Morgan fingerprint density at radius 1 is 1.15 bits per heavy atom. The summed E-state index contributed by atoms with van der Waals surface area (Å²) in [5.41, 5.74) is 3.16. The molecule has 0 atom stereocenters. The Kier molecular flexibility index (Phi) is 5.78. The van der Waals surface area contributed by atoms with Gasteiger partial charge in [0.25, 0.3) is 0 Å². The number of carbonyl (C=O) groups excluding carboxylic acids is 1. The van der Waals surface area contributed by atoms with E-state index < -0.39 is 5.97 Å². The normalized spacial score (nSPS) is 12.5. The fourth-order valence-electron chi connectivity index (χ4n) is 3.03. The largest absolute Gasteiger partial charge is 0.478 e. The van der Waals surface area contributed by atoms with Crippen LogP contribution in [0.2, 0.25) is 0 Å². The molecule has 0 bridgehead atoms. The van der Waals surface area contributed by atoms with E-state index in [9.17, 15) is 9.59 Å². The van der Waals surface area contributed by atoms with E-state index in [1.54, 1.807) is 48.5 Å². The molecular weight excluding hydrogens is 344 g/mol. The number of pyridine rings is 1. The molecule has 6 heteroatoms. The van der Waals surface area contributed by atoms with E-state index in [4.69, 9.17) is 9.84 Å². The summed E-state index contributed by atoms with van der Waals surface area (Å²) in [6, 6.07) is 16.5. The molecule has 27 heavy (non-hydrogen) atoms. The lowest BCUT2D eigenvalue weighted by Gasteiger charge is -2.16. The van der Waals surface area contributed by atoms with Crippen molar-refractivity contribution in [3.05, 3.63) is 71.9 Å². The van der Waals surface area contributed by atoms with Crippen LogP contribution in [-0.4, -0.2) is 42.2 Å². The number of aromatic carboxylic acids is 1. The number of hydrogen-bond acceptors (Lipinski definition) is 4. The Morgan fingerprint density at radius 2 is 1.96 bits per heavy atom. The number of ether oxygens (including phenoxy) is 1. The third-order valence-corrected chi connectivity index (χ3v) is 4.32. The molecule has 6 nitrogen and oxygen atoms in total. The standard InChI is InChI=1S/C11H13NO2.C10H7NO2/c1-14-7-6-12-10-5-3-2-4-9(10)8-11(12)13;12-10(13)8-3-1-5-9-7(8)4-2-6-11-9/h2-5H,6-8H2,1H3;1-6H,(H,12,13). The molecule has 0 saturated heterocycles. The second kappa shape index (κ2) is 8.42. The maximum Gasteiger partial charge on any atom is 0.336 e. The Labute approximate surface area is 157 Å². The molecule has 2 heterocycles. The Hall–Kier alpha value is -3.25. The molecule has 1 aromatic heterocycles. The highest BCUT2D eigenvalue weighted by molar-refractivity contribution is 6.02. The first-order valence-corrected chi connectivity index (χ1v) is 8.56. The molecule has 138 valence electrons. The molecule has 1 N–H and O–H groups in total. The van der Waals surface area contributed by atoms with E-state index >= 15 is 0 Å². The molecule has 0 fully saturated rings. The maximum absolute atomic E-state index is 11.6. The number of methoxy groups -OCH3 is 1. The van der Waals surface area contributed by atoms with Crippen molar-refractivity contribution in [2.45, 2.75) is 6.42 Å². The molecule has 0 saturated carbocycles. The maximum atomic E-state index is 11.6. The average molecular weight is 364 g/mol. The molecule has 4 rings (SSSR count). The number of carboxylic acid groups (broad SMARTS) is 1. The van der Waals surface area contributed by atoms with E-state index in [2.05, 4.69) is 4.98 Å². The number of fused-ring (bicyclic) bond motifs is 2. The van der Waals surface area contributed by atoms with Crippen LogP contribution in [0.15, 0.2) is 60.8 Å². The van der Waals surface area contributed by atoms with Crippen LogP contribution in [0.25, 0.3) is 10.9 Å². The molecule has 0 spiro atoms. The number of rotatable bonds is 4. The summed E-state index contributed by atoms with van der Waals surface area (Å²) in [7, 11) is 1.65. The van der Waals surface area contributed by atoms with Gasteiger partial charge in [-0.15, -0.1) is 0 Å². The lowest BCUT2D eigenvalue weighted by atomic mass is 10.1. The number of carbonyl (C=O) groups is 2. The Balaban J connectivity index is 0.000000156. The molecule has 3 aromatic rings. The highest BCUT2D eigenvalue weighted by atomic mass is 16.5. The van der Waals surface area contributed by atoms with Crippen molar-refractivity contribution in [1.29, 1.82) is 0 Å². The predicted octanol–water partition coefficient (Wildman–Crippen LogP) is 3.16. The number of nitrogens with zero attached hydrogens (tertiary/aromatic N) is 2. The van der Waals surface area contributed by atoms with Crippen LogP contribution in [0, 0.1) is 0 Å². The van der Waals surface area contributed by atoms with Crippen molar-refractivity contribution in [3.63, 3.8) is 0 Å². The number of para-hydroxylation sites is 1. The summed E-state index contributed by atoms with van der Waals surface area (Å²) in [4.78, 5) is 28.2. The van der Waals surface area contributed by atoms with Gasteiger partial charge >= 0.3 is 5.97 Å². The Bertz CT molecular complexity index is 966. The molecule has 0 radical (unpaired) electrons. The van der Waals surface area contributed by atoms with Gasteiger partial charge in [0.15, 0.2) is 0 Å². The van der Waals surface area contributed by atoms with Crippen LogP contribution < -0.4 is 4.90 Å². The average Bonchev–Trinajstić information content (AvgIpc) is 3.01. The smallest absolute Gasteiger partial charge is 0.336 e. The second-order valence-corrected chi connectivity index (χ2v) is 6.02. The number of aromatic nitrogens is 1. The summed E-state index contributed by atoms with van der Waals surface area (Å²) >= 11 is 0. The number of benzene rings is 2. The summed E-state index contributed by atoms with van der Waals surface area (Å²) in [5.74, 6) is -0.748. The van der Waals surface area contributed by atoms with Crippen molar-refractivity contribution >= 4 is 28.5 Å². The number of amides is 1. The lowest BCUT2D eigenvalue weighted by molar-refractivity contribution is -0.117. The zero-order valence-electron chi connectivity index (χ0n) is 15.0. The third-order valence-electron chi connectivity index (χ3n) is 4.32. The SMILES string of the molecule is COCCN1C(=O)Cc2ccccc21.O=C(O)c1cccc2ncccc12. The van der Waals surface area contributed by atoms with E-state index in [-0.39, 0.29) is 5.91 Å². The minimum atomic E-state index is -0.918. The molecule has 1 amide bonds. The van der Waals surface area contributed by atoms with Gasteiger partial charge in [0.1, 0.15) is 0 Å². The zero-order chi connectivity index (χ0) is 19.2. The Morgan fingerprint density at radius 3 is 2.74 bits per heavy atom. The van der Waals surface area contributed by atoms with Gasteiger partial charge in [-0.1, -0.05) is 30.3 Å². The van der Waals surface area contributed by atoms with Gasteiger partial charge in [0, 0.05) is 30.9 Å².